The minimum absolute atomic E-state index is 0.0303. The maximum Gasteiger partial charge on any atom is 0.255 e. The van der Waals surface area contributed by atoms with Crippen molar-refractivity contribution < 1.29 is 23.8 Å². The standard InChI is InChI=1S/C23H22N2O5/c1-14-22(23(27)25-9-3-11-26)18-7-5-16(13-21(18)29-14)30-20-8-10-24-19-12-15(28-2)4-6-17(19)20/h4-8,10,12-13,26H,3,9,11H2,1-2H3,(H,25,27). The van der Waals surface area contributed by atoms with E-state index in [-0.39, 0.29) is 12.5 Å². The number of nitrogens with zero attached hydrogens (tertiary/aromatic N) is 1. The number of pyridine rings is 1. The van der Waals surface area contributed by atoms with E-state index in [1.165, 1.54) is 0 Å². The van der Waals surface area contributed by atoms with Crippen molar-refractivity contribution in [1.29, 1.82) is 0 Å². The topological polar surface area (TPSA) is 93.8 Å². The number of aliphatic hydroxyl groups is 1. The first kappa shape index (κ1) is 19.7. The van der Waals surface area contributed by atoms with Gasteiger partial charge in [-0.25, -0.2) is 0 Å². The number of aryl methyl sites for hydroxylation is 1. The second-order valence-corrected chi connectivity index (χ2v) is 6.82. The molecule has 0 fully saturated rings. The van der Waals surface area contributed by atoms with E-state index in [2.05, 4.69) is 10.3 Å². The van der Waals surface area contributed by atoms with Gasteiger partial charge in [-0.05, 0) is 43.7 Å². The second-order valence-electron chi connectivity index (χ2n) is 6.82. The van der Waals surface area contributed by atoms with E-state index < -0.39 is 0 Å². The highest BCUT2D eigenvalue weighted by Crippen LogP contribution is 2.34. The molecule has 0 unspecified atom stereocenters. The molecule has 0 saturated carbocycles. The largest absolute Gasteiger partial charge is 0.497 e. The Kier molecular flexibility index (Phi) is 5.54. The lowest BCUT2D eigenvalue weighted by atomic mass is 10.1. The third-order valence-corrected chi connectivity index (χ3v) is 4.82. The lowest BCUT2D eigenvalue weighted by Crippen LogP contribution is -2.25. The summed E-state index contributed by atoms with van der Waals surface area (Å²) in [4.78, 5) is 16.9. The Morgan fingerprint density at radius 2 is 1.93 bits per heavy atom. The van der Waals surface area contributed by atoms with Crippen LogP contribution < -0.4 is 14.8 Å². The number of carbonyl (C=O) groups is 1. The van der Waals surface area contributed by atoms with Gasteiger partial charge in [0.05, 0.1) is 18.2 Å². The first-order valence-electron chi connectivity index (χ1n) is 9.63. The van der Waals surface area contributed by atoms with Crippen molar-refractivity contribution in [3.05, 3.63) is 60.0 Å². The van der Waals surface area contributed by atoms with Gasteiger partial charge in [0.25, 0.3) is 5.91 Å². The molecule has 0 aliphatic carbocycles. The summed E-state index contributed by atoms with van der Waals surface area (Å²) < 4.78 is 17.2. The Morgan fingerprint density at radius 3 is 2.73 bits per heavy atom. The number of rotatable bonds is 7. The van der Waals surface area contributed by atoms with Gasteiger partial charge in [-0.1, -0.05) is 0 Å². The van der Waals surface area contributed by atoms with Crippen LogP contribution in [0.3, 0.4) is 0 Å². The minimum atomic E-state index is -0.220. The van der Waals surface area contributed by atoms with E-state index in [0.29, 0.717) is 46.8 Å². The molecule has 0 spiro atoms. The molecule has 0 aliphatic heterocycles. The Balaban J connectivity index is 1.64. The monoisotopic (exact) mass is 406 g/mol. The van der Waals surface area contributed by atoms with Gasteiger partial charge in [-0.2, -0.15) is 0 Å². The summed E-state index contributed by atoms with van der Waals surface area (Å²) in [6.07, 6.45) is 2.19. The van der Waals surface area contributed by atoms with Gasteiger partial charge in [-0.15, -0.1) is 0 Å². The zero-order valence-electron chi connectivity index (χ0n) is 16.8. The van der Waals surface area contributed by atoms with E-state index in [0.717, 1.165) is 16.7 Å². The molecule has 30 heavy (non-hydrogen) atoms. The number of ether oxygens (including phenoxy) is 2. The van der Waals surface area contributed by atoms with Crippen LogP contribution in [0.25, 0.3) is 21.9 Å². The van der Waals surface area contributed by atoms with Gasteiger partial charge in [0.2, 0.25) is 0 Å². The van der Waals surface area contributed by atoms with Gasteiger partial charge in [0.15, 0.2) is 0 Å². The van der Waals surface area contributed by atoms with Crippen LogP contribution in [-0.2, 0) is 0 Å². The average molecular weight is 406 g/mol. The quantitative estimate of drug-likeness (QED) is 0.447. The molecule has 2 heterocycles. The van der Waals surface area contributed by atoms with Crippen molar-refractivity contribution in [3.63, 3.8) is 0 Å². The lowest BCUT2D eigenvalue weighted by Gasteiger charge is -2.09. The number of amides is 1. The summed E-state index contributed by atoms with van der Waals surface area (Å²) in [5.74, 6) is 2.29. The van der Waals surface area contributed by atoms with Crippen LogP contribution >= 0.6 is 0 Å². The van der Waals surface area contributed by atoms with E-state index in [9.17, 15) is 4.79 Å². The molecule has 0 atom stereocenters. The second kappa shape index (κ2) is 8.42. The minimum Gasteiger partial charge on any atom is -0.497 e. The predicted molar refractivity (Wildman–Crippen MR) is 113 cm³/mol. The number of hydrogen-bond acceptors (Lipinski definition) is 6. The molecule has 0 aliphatic rings. The first-order valence-corrected chi connectivity index (χ1v) is 9.63. The van der Waals surface area contributed by atoms with Crippen LogP contribution in [0.15, 0.2) is 53.1 Å². The molecule has 2 aromatic carbocycles. The summed E-state index contributed by atoms with van der Waals surface area (Å²) in [5, 5.41) is 13.3. The highest BCUT2D eigenvalue weighted by molar-refractivity contribution is 6.07. The number of benzene rings is 2. The zero-order chi connectivity index (χ0) is 21.1. The molecular weight excluding hydrogens is 384 g/mol. The summed E-state index contributed by atoms with van der Waals surface area (Å²) in [6, 6.07) is 12.8. The number of nitrogens with one attached hydrogen (secondary N) is 1. The lowest BCUT2D eigenvalue weighted by molar-refractivity contribution is 0.0951. The SMILES string of the molecule is COc1ccc2c(Oc3ccc4c(C(=O)NCCCO)c(C)oc4c3)ccnc2c1. The summed E-state index contributed by atoms with van der Waals surface area (Å²) in [6.45, 7) is 2.19. The van der Waals surface area contributed by atoms with Crippen LogP contribution in [0, 0.1) is 6.92 Å². The van der Waals surface area contributed by atoms with Gasteiger partial charge < -0.3 is 24.3 Å². The van der Waals surface area contributed by atoms with Crippen molar-refractivity contribution in [2.45, 2.75) is 13.3 Å². The maximum absolute atomic E-state index is 12.5. The van der Waals surface area contributed by atoms with Crippen molar-refractivity contribution >= 4 is 27.8 Å². The molecule has 154 valence electrons. The third-order valence-electron chi connectivity index (χ3n) is 4.82. The average Bonchev–Trinajstić information content (AvgIpc) is 3.08. The van der Waals surface area contributed by atoms with Gasteiger partial charge >= 0.3 is 0 Å². The fourth-order valence-electron chi connectivity index (χ4n) is 3.36. The number of methoxy groups -OCH3 is 1. The maximum atomic E-state index is 12.5. The fourth-order valence-corrected chi connectivity index (χ4v) is 3.36. The van der Waals surface area contributed by atoms with E-state index in [1.54, 1.807) is 38.4 Å². The highest BCUT2D eigenvalue weighted by atomic mass is 16.5. The predicted octanol–water partition coefficient (Wildman–Crippen LogP) is 4.20. The molecule has 7 heteroatoms. The summed E-state index contributed by atoms with van der Waals surface area (Å²) in [5.41, 5.74) is 1.83. The smallest absolute Gasteiger partial charge is 0.255 e. The number of aromatic nitrogens is 1. The van der Waals surface area contributed by atoms with Crippen molar-refractivity contribution in [3.8, 4) is 17.2 Å². The van der Waals surface area contributed by atoms with Gasteiger partial charge in [0.1, 0.15) is 28.6 Å². The zero-order valence-corrected chi connectivity index (χ0v) is 16.8. The Hall–Kier alpha value is -3.58. The normalized spacial score (nSPS) is 11.0. The molecule has 0 saturated heterocycles. The Morgan fingerprint density at radius 1 is 1.13 bits per heavy atom. The van der Waals surface area contributed by atoms with Crippen molar-refractivity contribution in [2.75, 3.05) is 20.3 Å². The molecular formula is C23H22N2O5. The Labute approximate surface area is 173 Å². The van der Waals surface area contributed by atoms with Crippen molar-refractivity contribution in [2.24, 2.45) is 0 Å². The van der Waals surface area contributed by atoms with Crippen LogP contribution in [0.4, 0.5) is 0 Å². The van der Waals surface area contributed by atoms with Crippen molar-refractivity contribution in [1.82, 2.24) is 10.3 Å². The van der Waals surface area contributed by atoms with Crippen LogP contribution in [0.2, 0.25) is 0 Å². The third kappa shape index (κ3) is 3.79. The molecule has 7 nitrogen and oxygen atoms in total. The number of furan rings is 1. The molecule has 1 amide bonds. The molecule has 4 rings (SSSR count). The summed E-state index contributed by atoms with van der Waals surface area (Å²) in [7, 11) is 1.61. The first-order chi connectivity index (χ1) is 14.6. The molecule has 4 aromatic rings. The number of hydrogen-bond donors (Lipinski definition) is 2. The molecule has 0 radical (unpaired) electrons. The highest BCUT2D eigenvalue weighted by Gasteiger charge is 2.18. The summed E-state index contributed by atoms with van der Waals surface area (Å²) >= 11 is 0. The Bertz CT molecular complexity index is 1220. The number of fused-ring (bicyclic) bond motifs is 2. The number of aliphatic hydroxyl groups excluding tert-OH is 1. The van der Waals surface area contributed by atoms with Crippen LogP contribution in [0.5, 0.6) is 17.2 Å². The molecule has 0 bridgehead atoms. The van der Waals surface area contributed by atoms with Crippen LogP contribution in [-0.4, -0.2) is 36.3 Å². The molecule has 2 N–H and O–H groups in total. The van der Waals surface area contributed by atoms with E-state index in [4.69, 9.17) is 19.0 Å². The van der Waals surface area contributed by atoms with E-state index >= 15 is 0 Å². The van der Waals surface area contributed by atoms with Crippen LogP contribution in [0.1, 0.15) is 22.5 Å². The molecule has 2 aromatic heterocycles. The van der Waals surface area contributed by atoms with E-state index in [1.807, 2.05) is 24.3 Å². The van der Waals surface area contributed by atoms with Gasteiger partial charge in [0, 0.05) is 42.3 Å². The number of carbonyl (C=O) groups excluding carboxylic acids is 1. The fraction of sp³-hybridized carbons (Fsp3) is 0.217. The van der Waals surface area contributed by atoms with Gasteiger partial charge in [-0.3, -0.25) is 9.78 Å².